The van der Waals surface area contributed by atoms with Crippen molar-refractivity contribution in [3.05, 3.63) is 0 Å². The zero-order valence-electron chi connectivity index (χ0n) is 5.50. The highest BCUT2D eigenvalue weighted by Gasteiger charge is 2.14. The van der Waals surface area contributed by atoms with Crippen molar-refractivity contribution in [1.82, 2.24) is 0 Å². The average molecular weight is 158 g/mol. The number of aliphatic hydroxyl groups excluding tert-OH is 1. The lowest BCUT2D eigenvalue weighted by molar-refractivity contribution is 0.239. The highest BCUT2D eigenvalue weighted by molar-refractivity contribution is 6.54. The molecule has 0 bridgehead atoms. The first-order valence-electron chi connectivity index (χ1n) is 2.19. The maximum absolute atomic E-state index is 7.77. The summed E-state index contributed by atoms with van der Waals surface area (Å²) in [4.78, 5) is 23.3. The molecule has 5 nitrogen and oxygen atoms in total. The first kappa shape index (κ1) is 16.0. The van der Waals surface area contributed by atoms with E-state index in [4.69, 9.17) is 19.5 Å². The van der Waals surface area contributed by atoms with E-state index in [1.165, 1.54) is 0 Å². The van der Waals surface area contributed by atoms with Crippen LogP contribution < -0.4 is 0 Å². The topological polar surface area (TPSA) is 112 Å². The van der Waals surface area contributed by atoms with E-state index < -0.39 is 8.80 Å². The number of hydrogen-bond donors (Lipinski definition) is 4. The number of rotatable bonds is 0. The minimum absolute atomic E-state index is 0. The second kappa shape index (κ2) is 8.02. The number of aliphatic hydroxyl groups is 1. The molecule has 9 heavy (non-hydrogen) atoms. The molecule has 60 valence electrons. The zero-order chi connectivity index (χ0) is 7.21. The molecule has 0 aromatic heterocycles. The molecule has 0 aromatic rings. The van der Waals surface area contributed by atoms with Crippen molar-refractivity contribution in [3.63, 3.8) is 0 Å². The monoisotopic (exact) mass is 158 g/mol. The standard InChI is InChI=1S/C2H6O.CH6O3Si.H2O/c1-2-3;1-5(2,3)4;/h3H,2H2,1H3;2-4H,1H3;1H2. The van der Waals surface area contributed by atoms with E-state index in [0.717, 1.165) is 6.55 Å². The van der Waals surface area contributed by atoms with E-state index in [9.17, 15) is 0 Å². The number of hydrogen-bond acceptors (Lipinski definition) is 4. The minimum atomic E-state index is -3.61. The Balaban J connectivity index is -0.0000000800. The maximum atomic E-state index is 7.77. The van der Waals surface area contributed by atoms with Gasteiger partial charge in [0, 0.05) is 13.2 Å². The molecule has 0 aliphatic rings. The molecule has 0 rings (SSSR count). The summed E-state index contributed by atoms with van der Waals surface area (Å²) in [5, 5.41) is 7.57. The molecule has 0 atom stereocenters. The fourth-order valence-electron chi connectivity index (χ4n) is 0. The van der Waals surface area contributed by atoms with Crippen molar-refractivity contribution >= 4 is 8.80 Å². The smallest absolute Gasteiger partial charge is 0.412 e. The largest absolute Gasteiger partial charge is 0.489 e. The summed E-state index contributed by atoms with van der Waals surface area (Å²) in [6.45, 7) is 2.92. The molecular formula is C3H14O5Si. The molecule has 0 unspecified atom stereocenters. The van der Waals surface area contributed by atoms with E-state index in [2.05, 4.69) is 0 Å². The molecule has 0 heterocycles. The van der Waals surface area contributed by atoms with E-state index >= 15 is 0 Å². The summed E-state index contributed by atoms with van der Waals surface area (Å²) in [5.74, 6) is 0. The molecule has 0 saturated heterocycles. The molecule has 0 aliphatic heterocycles. The normalized spacial score (nSPS) is 8.67. The molecule has 0 spiro atoms. The van der Waals surface area contributed by atoms with E-state index in [1.807, 2.05) is 0 Å². The van der Waals surface area contributed by atoms with Crippen LogP contribution in [0.15, 0.2) is 0 Å². The predicted molar refractivity (Wildman–Crippen MR) is 34.6 cm³/mol. The van der Waals surface area contributed by atoms with Gasteiger partial charge in [0.15, 0.2) is 0 Å². The fraction of sp³-hybridized carbons (Fsp3) is 1.00. The maximum Gasteiger partial charge on any atom is 0.489 e. The van der Waals surface area contributed by atoms with Gasteiger partial charge >= 0.3 is 8.80 Å². The molecule has 0 saturated carbocycles. The highest BCUT2D eigenvalue weighted by Crippen LogP contribution is 1.75. The third kappa shape index (κ3) is 1020000. The third-order valence-electron chi connectivity index (χ3n) is 0. The van der Waals surface area contributed by atoms with E-state index in [1.54, 1.807) is 6.92 Å². The quantitative estimate of drug-likeness (QED) is 0.297. The van der Waals surface area contributed by atoms with Gasteiger partial charge in [-0.25, -0.2) is 0 Å². The van der Waals surface area contributed by atoms with Gasteiger partial charge < -0.3 is 25.0 Å². The van der Waals surface area contributed by atoms with Crippen molar-refractivity contribution in [3.8, 4) is 0 Å². The van der Waals surface area contributed by atoms with E-state index in [-0.39, 0.29) is 12.1 Å². The van der Waals surface area contributed by atoms with Gasteiger partial charge in [-0.1, -0.05) is 0 Å². The van der Waals surface area contributed by atoms with Crippen LogP contribution in [0, 0.1) is 0 Å². The zero-order valence-corrected chi connectivity index (χ0v) is 6.50. The van der Waals surface area contributed by atoms with Crippen LogP contribution in [0.5, 0.6) is 0 Å². The van der Waals surface area contributed by atoms with Gasteiger partial charge in [-0.3, -0.25) is 0 Å². The lowest BCUT2D eigenvalue weighted by Gasteiger charge is -1.95. The Morgan fingerprint density at radius 3 is 1.22 bits per heavy atom. The van der Waals surface area contributed by atoms with Crippen LogP contribution in [0.4, 0.5) is 0 Å². The van der Waals surface area contributed by atoms with Crippen molar-refractivity contribution in [1.29, 1.82) is 0 Å². The van der Waals surface area contributed by atoms with Crippen LogP contribution in [0.25, 0.3) is 0 Å². The molecule has 0 radical (unpaired) electrons. The van der Waals surface area contributed by atoms with Gasteiger partial charge in [-0.2, -0.15) is 0 Å². The summed E-state index contributed by atoms with van der Waals surface area (Å²) < 4.78 is 0. The van der Waals surface area contributed by atoms with Crippen LogP contribution in [-0.4, -0.2) is 40.4 Å². The molecule has 0 aliphatic carbocycles. The fourth-order valence-corrected chi connectivity index (χ4v) is 0. The second-order valence-corrected chi connectivity index (χ2v) is 3.23. The Morgan fingerprint density at radius 1 is 1.22 bits per heavy atom. The van der Waals surface area contributed by atoms with Gasteiger partial charge in [-0.05, 0) is 6.92 Å². The lowest BCUT2D eigenvalue weighted by atomic mass is 10.9. The summed E-state index contributed by atoms with van der Waals surface area (Å²) in [5.41, 5.74) is 0. The Hall–Kier alpha value is 0.0169. The van der Waals surface area contributed by atoms with Crippen LogP contribution in [-0.2, 0) is 0 Å². The predicted octanol–water partition coefficient (Wildman–Crippen LogP) is -2.29. The van der Waals surface area contributed by atoms with Gasteiger partial charge in [0.05, 0.1) is 0 Å². The molecular weight excluding hydrogens is 144 g/mol. The average Bonchev–Trinajstić information content (AvgIpc) is 1.27. The van der Waals surface area contributed by atoms with Crippen molar-refractivity contribution in [2.24, 2.45) is 0 Å². The van der Waals surface area contributed by atoms with Gasteiger partial charge in [0.25, 0.3) is 0 Å². The van der Waals surface area contributed by atoms with Crippen LogP contribution in [0.1, 0.15) is 6.92 Å². The third-order valence-corrected chi connectivity index (χ3v) is 0. The molecule has 0 fully saturated rings. The second-order valence-electron chi connectivity index (χ2n) is 1.29. The van der Waals surface area contributed by atoms with Crippen LogP contribution in [0.3, 0.4) is 0 Å². The molecule has 0 amide bonds. The Kier molecular flexibility index (Phi) is 14.3. The summed E-state index contributed by atoms with van der Waals surface area (Å²) in [7, 11) is -3.61. The SMILES string of the molecule is CCO.C[Si](O)(O)O.O. The van der Waals surface area contributed by atoms with Crippen molar-refractivity contribution in [2.75, 3.05) is 6.61 Å². The Bertz CT molecular complexity index is 36.0. The van der Waals surface area contributed by atoms with Crippen molar-refractivity contribution in [2.45, 2.75) is 13.5 Å². The van der Waals surface area contributed by atoms with Crippen molar-refractivity contribution < 1.29 is 25.0 Å². The summed E-state index contributed by atoms with van der Waals surface area (Å²) in [6, 6.07) is 0. The molecule has 6 N–H and O–H groups in total. The molecule has 6 heteroatoms. The van der Waals surface area contributed by atoms with Gasteiger partial charge in [0.1, 0.15) is 0 Å². The first-order chi connectivity index (χ1) is 3.41. The summed E-state index contributed by atoms with van der Waals surface area (Å²) >= 11 is 0. The Morgan fingerprint density at radius 2 is 1.22 bits per heavy atom. The van der Waals surface area contributed by atoms with Crippen LogP contribution in [0.2, 0.25) is 6.55 Å². The van der Waals surface area contributed by atoms with E-state index in [0.29, 0.717) is 0 Å². The summed E-state index contributed by atoms with van der Waals surface area (Å²) in [6.07, 6.45) is 0. The van der Waals surface area contributed by atoms with Gasteiger partial charge in [-0.15, -0.1) is 0 Å². The Labute approximate surface area is 54.9 Å². The molecule has 0 aromatic carbocycles. The van der Waals surface area contributed by atoms with Crippen LogP contribution >= 0.6 is 0 Å². The highest BCUT2D eigenvalue weighted by atomic mass is 28.4. The van der Waals surface area contributed by atoms with Gasteiger partial charge in [0.2, 0.25) is 0 Å². The first-order valence-corrected chi connectivity index (χ1v) is 4.54. The minimum Gasteiger partial charge on any atom is -0.412 e. The lowest BCUT2D eigenvalue weighted by Crippen LogP contribution is -2.28.